The van der Waals surface area contributed by atoms with Gasteiger partial charge in [0.15, 0.2) is 0 Å². The second-order valence-electron chi connectivity index (χ2n) is 7.80. The van der Waals surface area contributed by atoms with Crippen molar-refractivity contribution in [3.05, 3.63) is 46.3 Å². The molecule has 1 fully saturated rings. The Kier molecular flexibility index (Phi) is 5.15. The molecule has 2 aliphatic heterocycles. The number of carbonyl (C=O) groups excluding carboxylic acids is 1. The van der Waals surface area contributed by atoms with Crippen LogP contribution in [0.5, 0.6) is 5.75 Å². The average Bonchev–Trinajstić information content (AvgIpc) is 3.04. The summed E-state index contributed by atoms with van der Waals surface area (Å²) in [6.07, 6.45) is 3.76. The molecule has 0 aliphatic carbocycles. The molecule has 2 aliphatic rings. The van der Waals surface area contributed by atoms with Gasteiger partial charge in [0.25, 0.3) is 0 Å². The third-order valence-electron chi connectivity index (χ3n) is 6.25. The number of fused-ring (bicyclic) bond motifs is 2. The number of hydrogen-bond acceptors (Lipinski definition) is 5. The van der Waals surface area contributed by atoms with Crippen LogP contribution in [0.25, 0.3) is 0 Å². The van der Waals surface area contributed by atoms with E-state index in [1.54, 1.807) is 7.11 Å². The van der Waals surface area contributed by atoms with Crippen LogP contribution < -0.4 is 4.74 Å². The fraction of sp³-hybridized carbons (Fsp3) is 0.545. The van der Waals surface area contributed by atoms with E-state index in [2.05, 4.69) is 17.3 Å². The van der Waals surface area contributed by atoms with Crippen molar-refractivity contribution in [3.63, 3.8) is 0 Å². The normalized spacial score (nSPS) is 18.2. The van der Waals surface area contributed by atoms with Gasteiger partial charge in [0, 0.05) is 25.1 Å². The summed E-state index contributed by atoms with van der Waals surface area (Å²) in [7, 11) is 1.70. The van der Waals surface area contributed by atoms with Gasteiger partial charge in [-0.15, -0.1) is 0 Å². The maximum Gasteiger partial charge on any atom is 0.222 e. The predicted octanol–water partition coefficient (Wildman–Crippen LogP) is 3.32. The van der Waals surface area contributed by atoms with E-state index >= 15 is 0 Å². The number of aromatic nitrogens is 1. The molecular formula is C22H28N2O4. The quantitative estimate of drug-likeness (QED) is 0.809. The molecule has 0 unspecified atom stereocenters. The van der Waals surface area contributed by atoms with Crippen molar-refractivity contribution in [1.29, 1.82) is 0 Å². The lowest BCUT2D eigenvalue weighted by molar-refractivity contribution is -0.140. The van der Waals surface area contributed by atoms with Gasteiger partial charge in [-0.2, -0.15) is 0 Å². The van der Waals surface area contributed by atoms with Gasteiger partial charge < -0.3 is 18.9 Å². The number of ether oxygens (including phenoxy) is 2. The standard InChI is InChI=1S/C22H28N2O4/c1-15-19(16(2)28-23-15)5-7-21(25)24-11-9-22(10-12-24)20-6-4-18(26-3)14-17(20)8-13-27-22/h4,6,14H,5,7-13H2,1-3H3. The molecule has 1 aromatic heterocycles. The highest BCUT2D eigenvalue weighted by molar-refractivity contribution is 5.76. The molecule has 1 spiro atoms. The van der Waals surface area contributed by atoms with Crippen molar-refractivity contribution in [2.45, 2.75) is 51.6 Å². The van der Waals surface area contributed by atoms with Gasteiger partial charge in [-0.1, -0.05) is 11.2 Å². The lowest BCUT2D eigenvalue weighted by Gasteiger charge is -2.45. The van der Waals surface area contributed by atoms with E-state index in [1.807, 2.05) is 24.8 Å². The zero-order valence-corrected chi connectivity index (χ0v) is 16.9. The van der Waals surface area contributed by atoms with Gasteiger partial charge in [-0.3, -0.25) is 4.79 Å². The van der Waals surface area contributed by atoms with Gasteiger partial charge in [0.05, 0.1) is 25.0 Å². The zero-order chi connectivity index (χ0) is 19.7. The first-order chi connectivity index (χ1) is 13.5. The third-order valence-corrected chi connectivity index (χ3v) is 6.25. The molecule has 150 valence electrons. The van der Waals surface area contributed by atoms with E-state index in [0.717, 1.165) is 61.7 Å². The van der Waals surface area contributed by atoms with Crippen LogP contribution in [0.15, 0.2) is 22.7 Å². The minimum absolute atomic E-state index is 0.195. The molecule has 4 rings (SSSR count). The second kappa shape index (κ2) is 7.59. The van der Waals surface area contributed by atoms with E-state index < -0.39 is 0 Å². The summed E-state index contributed by atoms with van der Waals surface area (Å²) in [5.41, 5.74) is 4.25. The molecule has 6 heteroatoms. The Labute approximate surface area is 165 Å². The molecule has 6 nitrogen and oxygen atoms in total. The Balaban J connectivity index is 1.40. The number of methoxy groups -OCH3 is 1. The molecule has 3 heterocycles. The van der Waals surface area contributed by atoms with Crippen molar-refractivity contribution in [1.82, 2.24) is 10.1 Å². The van der Waals surface area contributed by atoms with Gasteiger partial charge in [-0.25, -0.2) is 0 Å². The van der Waals surface area contributed by atoms with Crippen LogP contribution in [0.1, 0.15) is 47.4 Å². The van der Waals surface area contributed by atoms with Crippen LogP contribution in [-0.2, 0) is 28.0 Å². The number of carbonyl (C=O) groups is 1. The fourth-order valence-electron chi connectivity index (χ4n) is 4.56. The van der Waals surface area contributed by atoms with E-state index in [4.69, 9.17) is 14.0 Å². The predicted molar refractivity (Wildman–Crippen MR) is 104 cm³/mol. The number of rotatable bonds is 4. The van der Waals surface area contributed by atoms with E-state index in [9.17, 15) is 4.79 Å². The lowest BCUT2D eigenvalue weighted by Crippen LogP contribution is -2.48. The maximum absolute atomic E-state index is 12.7. The number of hydrogen-bond donors (Lipinski definition) is 0. The molecule has 0 bridgehead atoms. The van der Waals surface area contributed by atoms with Gasteiger partial charge in [0.2, 0.25) is 5.91 Å². The molecule has 1 aromatic carbocycles. The van der Waals surface area contributed by atoms with E-state index in [-0.39, 0.29) is 11.5 Å². The third kappa shape index (κ3) is 3.41. The van der Waals surface area contributed by atoms with Crippen molar-refractivity contribution in [2.75, 3.05) is 26.8 Å². The minimum Gasteiger partial charge on any atom is -0.497 e. The van der Waals surface area contributed by atoms with Crippen LogP contribution >= 0.6 is 0 Å². The molecule has 0 radical (unpaired) electrons. The number of amides is 1. The van der Waals surface area contributed by atoms with Crippen LogP contribution in [0.4, 0.5) is 0 Å². The van der Waals surface area contributed by atoms with Gasteiger partial charge >= 0.3 is 0 Å². The summed E-state index contributed by atoms with van der Waals surface area (Å²) in [4.78, 5) is 14.7. The Morgan fingerprint density at radius 2 is 2.07 bits per heavy atom. The highest BCUT2D eigenvalue weighted by atomic mass is 16.5. The zero-order valence-electron chi connectivity index (χ0n) is 16.9. The van der Waals surface area contributed by atoms with Crippen LogP contribution in [0, 0.1) is 13.8 Å². The summed E-state index contributed by atoms with van der Waals surface area (Å²) >= 11 is 0. The number of benzene rings is 1. The summed E-state index contributed by atoms with van der Waals surface area (Å²) in [6.45, 7) is 6.00. The van der Waals surface area contributed by atoms with E-state index in [1.165, 1.54) is 11.1 Å². The van der Waals surface area contributed by atoms with Gasteiger partial charge in [-0.05, 0) is 62.8 Å². The van der Waals surface area contributed by atoms with Crippen molar-refractivity contribution >= 4 is 5.91 Å². The Bertz CT molecular complexity index is 846. The molecule has 0 saturated carbocycles. The van der Waals surface area contributed by atoms with Crippen LogP contribution in [0.2, 0.25) is 0 Å². The van der Waals surface area contributed by atoms with Crippen LogP contribution in [0.3, 0.4) is 0 Å². The molecule has 1 amide bonds. The Morgan fingerprint density at radius 3 is 2.75 bits per heavy atom. The maximum atomic E-state index is 12.7. The molecular weight excluding hydrogens is 356 g/mol. The lowest BCUT2D eigenvalue weighted by atomic mass is 9.79. The summed E-state index contributed by atoms with van der Waals surface area (Å²) in [5, 5.41) is 3.97. The van der Waals surface area contributed by atoms with Crippen LogP contribution in [-0.4, -0.2) is 42.8 Å². The van der Waals surface area contributed by atoms with Crippen molar-refractivity contribution in [3.8, 4) is 5.75 Å². The second-order valence-corrected chi connectivity index (χ2v) is 7.80. The first-order valence-electron chi connectivity index (χ1n) is 10.0. The fourth-order valence-corrected chi connectivity index (χ4v) is 4.56. The molecule has 1 saturated heterocycles. The summed E-state index contributed by atoms with van der Waals surface area (Å²) in [5.74, 6) is 1.90. The highest BCUT2D eigenvalue weighted by Crippen LogP contribution is 2.42. The number of likely N-dealkylation sites (tertiary alicyclic amines) is 1. The molecule has 0 N–H and O–H groups in total. The van der Waals surface area contributed by atoms with Crippen molar-refractivity contribution < 1.29 is 18.8 Å². The molecule has 0 atom stereocenters. The van der Waals surface area contributed by atoms with Crippen molar-refractivity contribution in [2.24, 2.45) is 0 Å². The van der Waals surface area contributed by atoms with E-state index in [0.29, 0.717) is 12.8 Å². The largest absolute Gasteiger partial charge is 0.497 e. The first kappa shape index (κ1) is 19.0. The monoisotopic (exact) mass is 384 g/mol. The first-order valence-corrected chi connectivity index (χ1v) is 10.0. The number of piperidine rings is 1. The highest BCUT2D eigenvalue weighted by Gasteiger charge is 2.41. The van der Waals surface area contributed by atoms with Gasteiger partial charge in [0.1, 0.15) is 11.5 Å². The Hall–Kier alpha value is -2.34. The molecule has 28 heavy (non-hydrogen) atoms. The number of nitrogens with zero attached hydrogens (tertiary/aromatic N) is 2. The summed E-state index contributed by atoms with van der Waals surface area (Å²) in [6, 6.07) is 6.28. The smallest absolute Gasteiger partial charge is 0.222 e. The SMILES string of the molecule is COc1ccc2c(c1)CCOC21CCN(C(=O)CCc2c(C)noc2C)CC1. The minimum atomic E-state index is -0.266. The Morgan fingerprint density at radius 1 is 1.29 bits per heavy atom. The molecule has 2 aromatic rings. The average molecular weight is 384 g/mol. The topological polar surface area (TPSA) is 64.8 Å². The summed E-state index contributed by atoms with van der Waals surface area (Å²) < 4.78 is 16.9. The number of aryl methyl sites for hydroxylation is 2.